The van der Waals surface area contributed by atoms with Crippen LogP contribution in [0.15, 0.2) is 48.6 Å². The highest BCUT2D eigenvalue weighted by Gasteiger charge is 2.08. The van der Waals surface area contributed by atoms with Crippen molar-refractivity contribution < 1.29 is 4.74 Å². The second-order valence-corrected chi connectivity index (χ2v) is 6.81. The van der Waals surface area contributed by atoms with Crippen LogP contribution in [0.3, 0.4) is 0 Å². The van der Waals surface area contributed by atoms with Crippen LogP contribution in [0, 0.1) is 0 Å². The molecule has 0 saturated heterocycles. The van der Waals surface area contributed by atoms with Gasteiger partial charge in [0.2, 0.25) is 0 Å². The van der Waals surface area contributed by atoms with Crippen LogP contribution in [0.5, 0.6) is 0 Å². The lowest BCUT2D eigenvalue weighted by Crippen LogP contribution is -2.19. The zero-order valence-electron chi connectivity index (χ0n) is 15.9. The highest BCUT2D eigenvalue weighted by Crippen LogP contribution is 2.09. The van der Waals surface area contributed by atoms with Gasteiger partial charge in [-0.2, -0.15) is 0 Å². The van der Waals surface area contributed by atoms with Crippen LogP contribution in [0.4, 0.5) is 0 Å². The average molecular weight is 319 g/mol. The van der Waals surface area contributed by atoms with Gasteiger partial charge < -0.3 is 4.74 Å². The first-order valence-corrected chi connectivity index (χ1v) is 9.30. The third kappa shape index (κ3) is 20.9. The van der Waals surface area contributed by atoms with Gasteiger partial charge in [-0.15, -0.1) is 0 Å². The molecule has 0 aromatic heterocycles. The van der Waals surface area contributed by atoms with Crippen molar-refractivity contribution in [1.29, 1.82) is 0 Å². The summed E-state index contributed by atoms with van der Waals surface area (Å²) in [5.41, 5.74) is 0.00757. The van der Waals surface area contributed by atoms with Gasteiger partial charge in [0.05, 0.1) is 5.60 Å². The van der Waals surface area contributed by atoms with Crippen LogP contribution in [0.25, 0.3) is 0 Å². The second-order valence-electron chi connectivity index (χ2n) is 6.81. The van der Waals surface area contributed by atoms with Crippen LogP contribution < -0.4 is 0 Å². The van der Waals surface area contributed by atoms with Gasteiger partial charge in [-0.05, 0) is 65.7 Å². The topological polar surface area (TPSA) is 9.23 Å². The Morgan fingerprint density at radius 2 is 1.17 bits per heavy atom. The Morgan fingerprint density at radius 1 is 0.652 bits per heavy atom. The molecule has 0 unspecified atom stereocenters. The maximum Gasteiger partial charge on any atom is 0.0598 e. The molecule has 0 N–H and O–H groups in total. The van der Waals surface area contributed by atoms with Gasteiger partial charge in [0.25, 0.3) is 0 Å². The smallest absolute Gasteiger partial charge is 0.0598 e. The number of rotatable bonds is 13. The minimum Gasteiger partial charge on any atom is -0.376 e. The summed E-state index contributed by atoms with van der Waals surface area (Å²) in [5.74, 6) is 0. The molecule has 0 amide bonds. The number of allylic oxidation sites excluding steroid dienone is 8. The fraction of sp³-hybridized carbons (Fsp3) is 0.636. The molecule has 132 valence electrons. The Balaban J connectivity index is 3.37. The summed E-state index contributed by atoms with van der Waals surface area (Å²) < 4.78 is 5.71. The molecule has 0 aliphatic heterocycles. The number of unbranched alkanes of at least 4 members (excludes halogenated alkanes) is 3. The fourth-order valence-electron chi connectivity index (χ4n) is 2.02. The van der Waals surface area contributed by atoms with Crippen LogP contribution >= 0.6 is 0 Å². The van der Waals surface area contributed by atoms with Gasteiger partial charge in [0.1, 0.15) is 0 Å². The van der Waals surface area contributed by atoms with E-state index in [2.05, 4.69) is 76.3 Å². The maximum atomic E-state index is 5.71. The van der Waals surface area contributed by atoms with Gasteiger partial charge in [-0.25, -0.2) is 0 Å². The molecule has 23 heavy (non-hydrogen) atoms. The van der Waals surface area contributed by atoms with Crippen LogP contribution in [-0.2, 0) is 4.74 Å². The quantitative estimate of drug-likeness (QED) is 0.258. The van der Waals surface area contributed by atoms with Crippen LogP contribution in [0.1, 0.15) is 79.1 Å². The van der Waals surface area contributed by atoms with Crippen molar-refractivity contribution in [3.05, 3.63) is 48.6 Å². The molecule has 0 aromatic rings. The van der Waals surface area contributed by atoms with Crippen molar-refractivity contribution in [2.24, 2.45) is 0 Å². The van der Waals surface area contributed by atoms with Crippen LogP contribution in [-0.4, -0.2) is 12.2 Å². The van der Waals surface area contributed by atoms with Crippen molar-refractivity contribution in [3.8, 4) is 0 Å². The number of hydrogen-bond donors (Lipinski definition) is 0. The molecule has 0 atom stereocenters. The van der Waals surface area contributed by atoms with Crippen molar-refractivity contribution in [3.63, 3.8) is 0 Å². The van der Waals surface area contributed by atoms with E-state index in [0.717, 1.165) is 32.3 Å². The van der Waals surface area contributed by atoms with E-state index in [1.165, 1.54) is 25.7 Å². The Bertz CT molecular complexity index is 353. The first-order chi connectivity index (χ1) is 11.1. The van der Waals surface area contributed by atoms with E-state index in [-0.39, 0.29) is 5.60 Å². The van der Waals surface area contributed by atoms with Crippen molar-refractivity contribution in [2.75, 3.05) is 6.61 Å². The van der Waals surface area contributed by atoms with E-state index in [0.29, 0.717) is 0 Å². The first-order valence-electron chi connectivity index (χ1n) is 9.30. The molecule has 0 aromatic carbocycles. The summed E-state index contributed by atoms with van der Waals surface area (Å²) in [6.45, 7) is 9.39. The Morgan fingerprint density at radius 3 is 1.70 bits per heavy atom. The Hall–Kier alpha value is -1.08. The lowest BCUT2D eigenvalue weighted by atomic mass is 10.1. The van der Waals surface area contributed by atoms with E-state index >= 15 is 0 Å². The van der Waals surface area contributed by atoms with E-state index in [4.69, 9.17) is 4.74 Å². The van der Waals surface area contributed by atoms with Crippen LogP contribution in [0.2, 0.25) is 0 Å². The Kier molecular flexibility index (Phi) is 15.1. The monoisotopic (exact) mass is 318 g/mol. The maximum absolute atomic E-state index is 5.71. The van der Waals surface area contributed by atoms with Gasteiger partial charge in [-0.3, -0.25) is 0 Å². The Labute approximate surface area is 145 Å². The first kappa shape index (κ1) is 21.9. The normalized spacial score (nSPS) is 13.4. The average Bonchev–Trinajstić information content (AvgIpc) is 2.49. The molecule has 0 radical (unpaired) electrons. The summed E-state index contributed by atoms with van der Waals surface area (Å²) >= 11 is 0. The van der Waals surface area contributed by atoms with Gasteiger partial charge in [0.15, 0.2) is 0 Å². The minimum atomic E-state index is 0.00757. The van der Waals surface area contributed by atoms with E-state index in [9.17, 15) is 0 Å². The largest absolute Gasteiger partial charge is 0.376 e. The molecule has 0 rings (SSSR count). The molecule has 0 aliphatic carbocycles. The van der Waals surface area contributed by atoms with Gasteiger partial charge >= 0.3 is 0 Å². The molecule has 1 heteroatoms. The predicted octanol–water partition coefficient (Wildman–Crippen LogP) is 7.17. The minimum absolute atomic E-state index is 0.00757. The SMILES string of the molecule is CC/C=C\C/C=C\C/C=C\C/C=C\CCCCCOC(C)(C)C. The lowest BCUT2D eigenvalue weighted by molar-refractivity contribution is -0.00468. The third-order valence-corrected chi connectivity index (χ3v) is 3.27. The molecular formula is C22H38O. The predicted molar refractivity (Wildman–Crippen MR) is 105 cm³/mol. The lowest BCUT2D eigenvalue weighted by Gasteiger charge is -2.19. The molecule has 0 aliphatic rings. The molecule has 0 heterocycles. The van der Waals surface area contributed by atoms with E-state index < -0.39 is 0 Å². The molecule has 1 nitrogen and oxygen atoms in total. The number of hydrogen-bond acceptors (Lipinski definition) is 1. The highest BCUT2D eigenvalue weighted by molar-refractivity contribution is 4.99. The molecule has 0 fully saturated rings. The van der Waals surface area contributed by atoms with Crippen molar-refractivity contribution in [1.82, 2.24) is 0 Å². The van der Waals surface area contributed by atoms with E-state index in [1.54, 1.807) is 0 Å². The summed E-state index contributed by atoms with van der Waals surface area (Å²) in [5, 5.41) is 0. The molecule has 0 spiro atoms. The third-order valence-electron chi connectivity index (χ3n) is 3.27. The molecular weight excluding hydrogens is 280 g/mol. The summed E-state index contributed by atoms with van der Waals surface area (Å²) in [7, 11) is 0. The number of ether oxygens (including phenoxy) is 1. The van der Waals surface area contributed by atoms with Crippen molar-refractivity contribution >= 4 is 0 Å². The molecule has 0 bridgehead atoms. The standard InChI is InChI=1S/C22H38O/c1-5-6-7-8-9-10-11-12-13-14-15-16-17-18-19-20-21-23-22(2,3)4/h6-7,9-10,12-13,15-16H,5,8,11,14,17-21H2,1-4H3/b7-6-,10-9-,13-12-,16-15-. The summed E-state index contributed by atoms with van der Waals surface area (Å²) in [6.07, 6.45) is 27.1. The highest BCUT2D eigenvalue weighted by atomic mass is 16.5. The van der Waals surface area contributed by atoms with Gasteiger partial charge in [-0.1, -0.05) is 62.0 Å². The zero-order chi connectivity index (χ0) is 17.2. The van der Waals surface area contributed by atoms with E-state index in [1.807, 2.05) is 0 Å². The summed E-state index contributed by atoms with van der Waals surface area (Å²) in [6, 6.07) is 0. The summed E-state index contributed by atoms with van der Waals surface area (Å²) in [4.78, 5) is 0. The molecule has 0 saturated carbocycles. The van der Waals surface area contributed by atoms with Gasteiger partial charge in [0, 0.05) is 6.61 Å². The fourth-order valence-corrected chi connectivity index (χ4v) is 2.02. The van der Waals surface area contributed by atoms with Crippen molar-refractivity contribution in [2.45, 2.75) is 84.7 Å². The zero-order valence-corrected chi connectivity index (χ0v) is 15.9. The second kappa shape index (κ2) is 15.8.